The third kappa shape index (κ3) is 8.54. The largest absolute Gasteiger partial charge is 0.417 e. The highest BCUT2D eigenvalue weighted by atomic mass is 19.4. The Morgan fingerprint density at radius 1 is 0.312 bits per heavy atom. The first-order chi connectivity index (χ1) is 39.1. The molecular weight excluding hydrogens is 1010 g/mol. The lowest BCUT2D eigenvalue weighted by atomic mass is 9.84. The molecule has 13 aromatic rings. The van der Waals surface area contributed by atoms with E-state index in [1.165, 1.54) is 6.07 Å². The molecule has 1 unspecified atom stereocenters. The summed E-state index contributed by atoms with van der Waals surface area (Å²) in [7, 11) is 0. The first-order valence-corrected chi connectivity index (χ1v) is 25.8. The van der Waals surface area contributed by atoms with Gasteiger partial charge >= 0.3 is 6.18 Å². The second-order valence-corrected chi connectivity index (χ2v) is 19.6. The molecule has 3 aromatic heterocycles. The maximum atomic E-state index is 16.0. The summed E-state index contributed by atoms with van der Waals surface area (Å²) in [5, 5.41) is 1.57. The van der Waals surface area contributed by atoms with E-state index in [0.717, 1.165) is 73.5 Å². The van der Waals surface area contributed by atoms with Crippen LogP contribution in [0.1, 0.15) is 28.2 Å². The zero-order chi connectivity index (χ0) is 54.1. The Labute approximate surface area is 455 Å². The third-order valence-electron chi connectivity index (χ3n) is 14.7. The lowest BCUT2D eigenvalue weighted by molar-refractivity contribution is -0.137. The lowest BCUT2D eigenvalue weighted by Gasteiger charge is -2.25. The molecule has 0 saturated carbocycles. The van der Waals surface area contributed by atoms with Crippen LogP contribution in [0.3, 0.4) is 0 Å². The molecule has 0 spiro atoms. The van der Waals surface area contributed by atoms with Crippen LogP contribution in [-0.2, 0) is 6.18 Å². The Hall–Kier alpha value is -10.3. The van der Waals surface area contributed by atoms with Crippen molar-refractivity contribution in [2.24, 2.45) is 0 Å². The molecule has 0 amide bonds. The Morgan fingerprint density at radius 3 is 1.29 bits per heavy atom. The van der Waals surface area contributed by atoms with Gasteiger partial charge in [-0.15, -0.1) is 0 Å². The van der Waals surface area contributed by atoms with Crippen LogP contribution >= 0.6 is 0 Å². The lowest BCUT2D eigenvalue weighted by Crippen LogP contribution is -2.13. The Morgan fingerprint density at radius 2 is 0.750 bits per heavy atom. The number of hydrogen-bond acceptors (Lipinski definition) is 6. The average Bonchev–Trinajstić information content (AvgIpc) is 4.19. The van der Waals surface area contributed by atoms with E-state index in [2.05, 4.69) is 0 Å². The van der Waals surface area contributed by atoms with E-state index in [4.69, 9.17) is 29.9 Å². The fraction of sp³-hybridized carbons (Fsp3) is 0.0294. The normalized spacial score (nSPS) is 12.9. The molecule has 1 atom stereocenters. The molecule has 382 valence electrons. The van der Waals surface area contributed by atoms with E-state index in [9.17, 15) is 0 Å². The van der Waals surface area contributed by atoms with Crippen LogP contribution in [0, 0.1) is 11.6 Å². The molecule has 80 heavy (non-hydrogen) atoms. The van der Waals surface area contributed by atoms with Crippen LogP contribution in [0.2, 0.25) is 0 Å². The van der Waals surface area contributed by atoms with Gasteiger partial charge in [0.1, 0.15) is 11.6 Å². The van der Waals surface area contributed by atoms with E-state index in [1.54, 1.807) is 0 Å². The van der Waals surface area contributed by atoms with Crippen LogP contribution < -0.4 is 0 Å². The van der Waals surface area contributed by atoms with Gasteiger partial charge in [0, 0.05) is 56.1 Å². The molecule has 0 radical (unpaired) electrons. The molecule has 0 saturated heterocycles. The van der Waals surface area contributed by atoms with E-state index in [0.29, 0.717) is 74.4 Å². The highest BCUT2D eigenvalue weighted by Gasteiger charge is 2.39. The van der Waals surface area contributed by atoms with Crippen molar-refractivity contribution >= 4 is 21.8 Å². The van der Waals surface area contributed by atoms with Gasteiger partial charge < -0.3 is 4.57 Å². The van der Waals surface area contributed by atoms with Crippen molar-refractivity contribution in [1.82, 2.24) is 34.5 Å². The summed E-state index contributed by atoms with van der Waals surface area (Å²) in [6.45, 7) is 0. The minimum absolute atomic E-state index is 0.261. The molecule has 10 aromatic carbocycles. The number of hydrogen-bond donors (Lipinski definition) is 0. The Kier molecular flexibility index (Phi) is 11.6. The Bertz CT molecular complexity index is 4410. The van der Waals surface area contributed by atoms with Gasteiger partial charge in [-0.3, -0.25) is 0 Å². The fourth-order valence-electron chi connectivity index (χ4n) is 11.1. The molecule has 3 heterocycles. The molecule has 1 aliphatic carbocycles. The molecular formula is C68H40F5N7. The summed E-state index contributed by atoms with van der Waals surface area (Å²) in [5.74, 6) is -0.00608. The molecule has 1 aliphatic rings. The molecule has 0 N–H and O–H groups in total. The second kappa shape index (κ2) is 19.3. The maximum Gasteiger partial charge on any atom is 0.417 e. The molecule has 14 rings (SSSR count). The van der Waals surface area contributed by atoms with Crippen molar-refractivity contribution < 1.29 is 22.0 Å². The standard InChI is InChI=1S/C68H40F5N7/c69-47-33-46(34-48(70)37-47)53-39-60(80-58-28-16-15-26-50(58)55-36-45(30-32-59(55)80)67-78-64(42-21-9-3-10-22-42)75-65(79-67)43-23-11-4-12-24-43)56(38-57(53)68(71,72)73)61-51-27-14-13-25-49(51)54-35-44(29-31-52(54)61)66-76-62(40-17-5-1-6-18-40)74-63(77-66)41-19-7-2-8-20-41/h1-39,61H. The first kappa shape index (κ1) is 48.1. The molecule has 0 aliphatic heterocycles. The minimum Gasteiger partial charge on any atom is -0.309 e. The van der Waals surface area contributed by atoms with Crippen molar-refractivity contribution in [3.8, 4) is 96.3 Å². The molecule has 0 bridgehead atoms. The van der Waals surface area contributed by atoms with Gasteiger partial charge in [-0.25, -0.2) is 38.7 Å². The second-order valence-electron chi connectivity index (χ2n) is 19.6. The predicted octanol–water partition coefficient (Wildman–Crippen LogP) is 17.3. The monoisotopic (exact) mass is 1050 g/mol. The highest BCUT2D eigenvalue weighted by Crippen LogP contribution is 2.53. The number of rotatable bonds is 9. The van der Waals surface area contributed by atoms with Gasteiger partial charge in [0.15, 0.2) is 34.9 Å². The summed E-state index contributed by atoms with van der Waals surface area (Å²) in [6.07, 6.45) is -4.96. The average molecular weight is 1050 g/mol. The van der Waals surface area contributed by atoms with Crippen molar-refractivity contribution in [3.63, 3.8) is 0 Å². The Balaban J connectivity index is 1.000. The van der Waals surface area contributed by atoms with E-state index < -0.39 is 29.3 Å². The number of para-hydroxylation sites is 1. The van der Waals surface area contributed by atoms with Crippen molar-refractivity contribution in [1.29, 1.82) is 0 Å². The van der Waals surface area contributed by atoms with Crippen LogP contribution in [0.5, 0.6) is 0 Å². The van der Waals surface area contributed by atoms with Crippen LogP contribution in [0.25, 0.3) is 118 Å². The van der Waals surface area contributed by atoms with Crippen LogP contribution in [0.15, 0.2) is 237 Å². The topological polar surface area (TPSA) is 82.3 Å². The number of halogens is 5. The predicted molar refractivity (Wildman–Crippen MR) is 303 cm³/mol. The van der Waals surface area contributed by atoms with Crippen LogP contribution in [-0.4, -0.2) is 34.5 Å². The van der Waals surface area contributed by atoms with Crippen molar-refractivity contribution in [3.05, 3.63) is 270 Å². The number of benzene rings is 10. The van der Waals surface area contributed by atoms with Gasteiger partial charge in [-0.1, -0.05) is 176 Å². The van der Waals surface area contributed by atoms with E-state index in [1.807, 2.05) is 211 Å². The summed E-state index contributed by atoms with van der Waals surface area (Å²) in [5.41, 5.74) is 8.05. The van der Waals surface area contributed by atoms with Crippen LogP contribution in [0.4, 0.5) is 22.0 Å². The van der Waals surface area contributed by atoms with Gasteiger partial charge in [0.2, 0.25) is 0 Å². The third-order valence-corrected chi connectivity index (χ3v) is 14.7. The van der Waals surface area contributed by atoms with E-state index >= 15 is 22.0 Å². The zero-order valence-electron chi connectivity index (χ0n) is 42.1. The SMILES string of the molecule is Fc1cc(F)cc(-c2cc(-n3c4ccccc4c4cc(-c5nc(-c6ccccc6)nc(-c6ccccc6)n5)ccc43)c(C3c4ccccc4-c4cc(-c5nc(-c6ccccc6)nc(-c6ccccc6)n5)ccc43)cc2C(F)(F)F)c1. The van der Waals surface area contributed by atoms with Gasteiger partial charge in [-0.05, 0) is 93.5 Å². The summed E-state index contributed by atoms with van der Waals surface area (Å²) >= 11 is 0. The van der Waals surface area contributed by atoms with Gasteiger partial charge in [-0.2, -0.15) is 13.2 Å². The number of aromatic nitrogens is 7. The molecule has 12 heteroatoms. The number of alkyl halides is 3. The van der Waals surface area contributed by atoms with Crippen molar-refractivity contribution in [2.75, 3.05) is 0 Å². The van der Waals surface area contributed by atoms with E-state index in [-0.39, 0.29) is 11.1 Å². The quantitative estimate of drug-likeness (QED) is 0.134. The number of nitrogens with zero attached hydrogens (tertiary/aromatic N) is 7. The van der Waals surface area contributed by atoms with Crippen molar-refractivity contribution in [2.45, 2.75) is 12.1 Å². The smallest absolute Gasteiger partial charge is 0.309 e. The van der Waals surface area contributed by atoms with Gasteiger partial charge in [0.25, 0.3) is 0 Å². The van der Waals surface area contributed by atoms with Gasteiger partial charge in [0.05, 0.1) is 22.3 Å². The zero-order valence-corrected chi connectivity index (χ0v) is 42.1. The first-order valence-electron chi connectivity index (χ1n) is 25.8. The molecule has 0 fully saturated rings. The summed E-state index contributed by atoms with van der Waals surface area (Å²) < 4.78 is 80.3. The fourth-order valence-corrected chi connectivity index (χ4v) is 11.1. The minimum atomic E-state index is -4.96. The summed E-state index contributed by atoms with van der Waals surface area (Å²) in [4.78, 5) is 29.8. The number of fused-ring (bicyclic) bond motifs is 6. The highest BCUT2D eigenvalue weighted by molar-refractivity contribution is 6.10. The maximum absolute atomic E-state index is 16.0. The molecule has 7 nitrogen and oxygen atoms in total. The summed E-state index contributed by atoms with van der Waals surface area (Å²) in [6, 6.07) is 70.8.